The van der Waals surface area contributed by atoms with Crippen LogP contribution in [0.3, 0.4) is 0 Å². The summed E-state index contributed by atoms with van der Waals surface area (Å²) in [6, 6.07) is -0.282. The first-order chi connectivity index (χ1) is 9.02. The van der Waals surface area contributed by atoms with Crippen molar-refractivity contribution in [3.05, 3.63) is 0 Å². The lowest BCUT2D eigenvalue weighted by molar-refractivity contribution is -0.122. The van der Waals surface area contributed by atoms with Gasteiger partial charge in [0, 0.05) is 34.2 Å². The third-order valence-corrected chi connectivity index (χ3v) is 2.99. The van der Waals surface area contributed by atoms with E-state index >= 15 is 0 Å². The Balaban J connectivity index is 2.37. The topological polar surface area (TPSA) is 86.3 Å². The van der Waals surface area contributed by atoms with Gasteiger partial charge in [-0.2, -0.15) is 15.0 Å². The molecule has 0 aliphatic carbocycles. The molecule has 19 heavy (non-hydrogen) atoms. The summed E-state index contributed by atoms with van der Waals surface area (Å²) in [7, 11) is 5.49. The monoisotopic (exact) mass is 265 g/mol. The van der Waals surface area contributed by atoms with Crippen LogP contribution in [0.1, 0.15) is 6.92 Å². The predicted molar refractivity (Wildman–Crippen MR) is 73.5 cm³/mol. The maximum atomic E-state index is 11.7. The van der Waals surface area contributed by atoms with Crippen LogP contribution in [-0.2, 0) is 4.79 Å². The van der Waals surface area contributed by atoms with E-state index in [1.54, 1.807) is 11.9 Å². The SMILES string of the molecule is CNc1nc(N(C)C)nc(N2CCNC(=O)C2C)n1. The van der Waals surface area contributed by atoms with Gasteiger partial charge in [-0.05, 0) is 6.92 Å². The third-order valence-electron chi connectivity index (χ3n) is 2.99. The summed E-state index contributed by atoms with van der Waals surface area (Å²) >= 11 is 0. The minimum Gasteiger partial charge on any atom is -0.357 e. The molecule has 2 N–H and O–H groups in total. The van der Waals surface area contributed by atoms with E-state index in [1.807, 2.05) is 25.9 Å². The minimum atomic E-state index is -0.282. The zero-order chi connectivity index (χ0) is 14.0. The summed E-state index contributed by atoms with van der Waals surface area (Å²) in [6.45, 7) is 3.13. The van der Waals surface area contributed by atoms with Gasteiger partial charge in [0.05, 0.1) is 0 Å². The lowest BCUT2D eigenvalue weighted by Crippen LogP contribution is -2.54. The Labute approximate surface area is 112 Å². The second-order valence-corrected chi connectivity index (χ2v) is 4.56. The molecule has 1 saturated heterocycles. The van der Waals surface area contributed by atoms with Crippen LogP contribution < -0.4 is 20.4 Å². The van der Waals surface area contributed by atoms with Gasteiger partial charge >= 0.3 is 0 Å². The Morgan fingerprint density at radius 1 is 1.37 bits per heavy atom. The van der Waals surface area contributed by atoms with Crippen LogP contribution in [0.2, 0.25) is 0 Å². The molecule has 1 atom stereocenters. The van der Waals surface area contributed by atoms with Gasteiger partial charge < -0.3 is 20.4 Å². The molecule has 104 valence electrons. The van der Waals surface area contributed by atoms with Gasteiger partial charge in [-0.15, -0.1) is 0 Å². The number of nitrogens with zero attached hydrogens (tertiary/aromatic N) is 5. The molecule has 0 spiro atoms. The molecule has 1 amide bonds. The molecule has 1 unspecified atom stereocenters. The van der Waals surface area contributed by atoms with Gasteiger partial charge in [0.2, 0.25) is 23.8 Å². The van der Waals surface area contributed by atoms with Gasteiger partial charge in [-0.1, -0.05) is 0 Å². The van der Waals surface area contributed by atoms with Crippen molar-refractivity contribution in [2.45, 2.75) is 13.0 Å². The van der Waals surface area contributed by atoms with E-state index in [0.717, 1.165) is 0 Å². The molecule has 1 aliphatic heterocycles. The second-order valence-electron chi connectivity index (χ2n) is 4.56. The number of nitrogens with one attached hydrogen (secondary N) is 2. The summed E-state index contributed by atoms with van der Waals surface area (Å²) < 4.78 is 0. The summed E-state index contributed by atoms with van der Waals surface area (Å²) in [5, 5.41) is 5.73. The molecule has 2 heterocycles. The highest BCUT2D eigenvalue weighted by atomic mass is 16.2. The van der Waals surface area contributed by atoms with Crippen molar-refractivity contribution < 1.29 is 4.79 Å². The average molecular weight is 265 g/mol. The van der Waals surface area contributed by atoms with Crippen molar-refractivity contribution >= 4 is 23.8 Å². The normalized spacial score (nSPS) is 19.1. The molecule has 1 fully saturated rings. The minimum absolute atomic E-state index is 0.0101. The Bertz CT molecular complexity index is 476. The molecule has 0 saturated carbocycles. The van der Waals surface area contributed by atoms with Crippen LogP contribution >= 0.6 is 0 Å². The second kappa shape index (κ2) is 5.25. The van der Waals surface area contributed by atoms with Crippen LogP contribution in [0.25, 0.3) is 0 Å². The highest BCUT2D eigenvalue weighted by molar-refractivity contribution is 5.85. The first-order valence-electron chi connectivity index (χ1n) is 6.18. The predicted octanol–water partition coefficient (Wildman–Crippen LogP) is -0.696. The van der Waals surface area contributed by atoms with Gasteiger partial charge in [0.25, 0.3) is 0 Å². The Morgan fingerprint density at radius 2 is 2.11 bits per heavy atom. The lowest BCUT2D eigenvalue weighted by Gasteiger charge is -2.33. The quantitative estimate of drug-likeness (QED) is 0.747. The third kappa shape index (κ3) is 2.67. The van der Waals surface area contributed by atoms with Crippen molar-refractivity contribution in [1.82, 2.24) is 20.3 Å². The number of piperazine rings is 1. The molecule has 8 nitrogen and oxygen atoms in total. The molecule has 1 aromatic rings. The van der Waals surface area contributed by atoms with Gasteiger partial charge in [0.15, 0.2) is 0 Å². The number of carbonyl (C=O) groups excluding carboxylic acids is 1. The van der Waals surface area contributed by atoms with E-state index in [2.05, 4.69) is 25.6 Å². The largest absolute Gasteiger partial charge is 0.357 e. The molecule has 2 rings (SSSR count). The van der Waals surface area contributed by atoms with Gasteiger partial charge in [0.1, 0.15) is 6.04 Å². The van der Waals surface area contributed by atoms with E-state index in [4.69, 9.17) is 0 Å². The van der Waals surface area contributed by atoms with Crippen LogP contribution in [0.15, 0.2) is 0 Å². The smallest absolute Gasteiger partial charge is 0.242 e. The number of hydrogen-bond donors (Lipinski definition) is 2. The number of amides is 1. The van der Waals surface area contributed by atoms with Crippen molar-refractivity contribution in [2.75, 3.05) is 49.3 Å². The number of rotatable bonds is 3. The first kappa shape index (κ1) is 13.3. The van der Waals surface area contributed by atoms with Crippen molar-refractivity contribution in [1.29, 1.82) is 0 Å². The van der Waals surface area contributed by atoms with Crippen LogP contribution in [0.4, 0.5) is 17.8 Å². The average Bonchev–Trinajstić information content (AvgIpc) is 2.41. The maximum Gasteiger partial charge on any atom is 0.242 e. The highest BCUT2D eigenvalue weighted by Gasteiger charge is 2.28. The fourth-order valence-electron chi connectivity index (χ4n) is 1.85. The zero-order valence-electron chi connectivity index (χ0n) is 11.6. The number of hydrogen-bond acceptors (Lipinski definition) is 7. The van der Waals surface area contributed by atoms with E-state index in [1.165, 1.54) is 0 Å². The molecule has 0 bridgehead atoms. The molecular formula is C11H19N7O. The van der Waals surface area contributed by atoms with E-state index in [-0.39, 0.29) is 11.9 Å². The van der Waals surface area contributed by atoms with Crippen molar-refractivity contribution in [2.24, 2.45) is 0 Å². The van der Waals surface area contributed by atoms with E-state index < -0.39 is 0 Å². The van der Waals surface area contributed by atoms with Gasteiger partial charge in [-0.3, -0.25) is 4.79 Å². The van der Waals surface area contributed by atoms with E-state index in [0.29, 0.717) is 30.9 Å². The zero-order valence-corrected chi connectivity index (χ0v) is 11.6. The van der Waals surface area contributed by atoms with E-state index in [9.17, 15) is 4.79 Å². The number of carbonyl (C=O) groups is 1. The standard InChI is InChI=1S/C11H19N7O/c1-7-8(19)13-5-6-18(7)11-15-9(12-2)14-10(16-11)17(3)4/h7H,5-6H2,1-4H3,(H,13,19)(H,12,14,15,16). The van der Waals surface area contributed by atoms with Crippen LogP contribution in [0.5, 0.6) is 0 Å². The Hall–Kier alpha value is -2.12. The van der Waals surface area contributed by atoms with Crippen LogP contribution in [0, 0.1) is 0 Å². The summed E-state index contributed by atoms with van der Waals surface area (Å²) in [5.74, 6) is 1.56. The van der Waals surface area contributed by atoms with Crippen molar-refractivity contribution in [3.63, 3.8) is 0 Å². The fraction of sp³-hybridized carbons (Fsp3) is 0.636. The number of aromatic nitrogens is 3. The maximum absolute atomic E-state index is 11.7. The van der Waals surface area contributed by atoms with Crippen LogP contribution in [-0.4, -0.2) is 61.1 Å². The van der Waals surface area contributed by atoms with Crippen molar-refractivity contribution in [3.8, 4) is 0 Å². The molecule has 0 radical (unpaired) electrons. The molecular weight excluding hydrogens is 246 g/mol. The Morgan fingerprint density at radius 3 is 2.74 bits per heavy atom. The number of anilines is 3. The van der Waals surface area contributed by atoms with Gasteiger partial charge in [-0.25, -0.2) is 0 Å². The molecule has 0 aromatic carbocycles. The first-order valence-corrected chi connectivity index (χ1v) is 6.18. The summed E-state index contributed by atoms with van der Waals surface area (Å²) in [4.78, 5) is 28.4. The Kier molecular flexibility index (Phi) is 3.68. The molecule has 8 heteroatoms. The summed E-state index contributed by atoms with van der Waals surface area (Å²) in [5.41, 5.74) is 0. The molecule has 1 aromatic heterocycles. The summed E-state index contributed by atoms with van der Waals surface area (Å²) in [6.07, 6.45) is 0. The highest BCUT2D eigenvalue weighted by Crippen LogP contribution is 2.18. The fourth-order valence-corrected chi connectivity index (χ4v) is 1.85. The molecule has 1 aliphatic rings. The lowest BCUT2D eigenvalue weighted by atomic mass is 10.2.